The van der Waals surface area contributed by atoms with Crippen molar-refractivity contribution in [1.82, 2.24) is 25.4 Å². The van der Waals surface area contributed by atoms with Crippen molar-refractivity contribution in [1.29, 1.82) is 0 Å². The van der Waals surface area contributed by atoms with Crippen LogP contribution in [0.15, 0.2) is 35.1 Å². The highest BCUT2D eigenvalue weighted by Gasteiger charge is 2.34. The molecule has 2 aliphatic rings. The summed E-state index contributed by atoms with van der Waals surface area (Å²) in [6, 6.07) is 6.92. The van der Waals surface area contributed by atoms with Crippen molar-refractivity contribution in [3.05, 3.63) is 36.2 Å². The molecule has 2 aliphatic heterocycles. The molecule has 2 N–H and O–H groups in total. The number of aromatic nitrogens is 3. The summed E-state index contributed by atoms with van der Waals surface area (Å²) >= 11 is 0. The summed E-state index contributed by atoms with van der Waals surface area (Å²) in [6.07, 6.45) is 7.76. The molecule has 2 unspecified atom stereocenters. The Morgan fingerprint density at radius 2 is 2.11 bits per heavy atom. The molecule has 0 spiro atoms. The largest absolute Gasteiger partial charge is 0.463 e. The molecule has 2 saturated heterocycles. The first-order chi connectivity index (χ1) is 13.6. The standard InChI is InChI=1S/C21H25N5O2/c1-12(2)26-20-17(11-22-26)16(10-18(25-20)19-4-3-7-28-19)21(27)24-15-8-13-5-6-14(9-15)23-13/h3-4,7,10-15,23H,5-6,8-9H2,1-2H3,(H,24,27). The predicted octanol–water partition coefficient (Wildman–Crippen LogP) is 3.29. The van der Waals surface area contributed by atoms with Crippen molar-refractivity contribution < 1.29 is 9.21 Å². The molecule has 0 saturated carbocycles. The lowest BCUT2D eigenvalue weighted by atomic mass is 9.99. The maximum atomic E-state index is 13.2. The van der Waals surface area contributed by atoms with Gasteiger partial charge in [-0.1, -0.05) is 0 Å². The van der Waals surface area contributed by atoms with Crippen LogP contribution in [0.2, 0.25) is 0 Å². The number of nitrogens with zero attached hydrogens (tertiary/aromatic N) is 3. The first kappa shape index (κ1) is 17.4. The summed E-state index contributed by atoms with van der Waals surface area (Å²) in [4.78, 5) is 18.0. The van der Waals surface area contributed by atoms with Gasteiger partial charge in [0.05, 0.1) is 23.4 Å². The van der Waals surface area contributed by atoms with Gasteiger partial charge in [-0.25, -0.2) is 9.67 Å². The quantitative estimate of drug-likeness (QED) is 0.727. The SMILES string of the molecule is CC(C)n1ncc2c(C(=O)NC3CC4CCC(C3)N4)cc(-c3ccco3)nc21. The number of carbonyl (C=O) groups excluding carboxylic acids is 1. The minimum Gasteiger partial charge on any atom is -0.463 e. The Bertz CT molecular complexity index is 995. The first-order valence-corrected chi connectivity index (χ1v) is 10.1. The van der Waals surface area contributed by atoms with Gasteiger partial charge in [-0.15, -0.1) is 0 Å². The third-order valence-electron chi connectivity index (χ3n) is 5.88. The Hall–Kier alpha value is -2.67. The highest BCUT2D eigenvalue weighted by molar-refractivity contribution is 6.06. The zero-order chi connectivity index (χ0) is 19.3. The molecule has 2 fully saturated rings. The number of pyridine rings is 1. The fraction of sp³-hybridized carbons (Fsp3) is 0.476. The van der Waals surface area contributed by atoms with Crippen LogP contribution in [-0.2, 0) is 0 Å². The second kappa shape index (κ2) is 6.74. The van der Waals surface area contributed by atoms with Crippen molar-refractivity contribution in [2.75, 3.05) is 0 Å². The second-order valence-corrected chi connectivity index (χ2v) is 8.23. The number of fused-ring (bicyclic) bond motifs is 3. The fourth-order valence-electron chi connectivity index (χ4n) is 4.57. The van der Waals surface area contributed by atoms with E-state index in [2.05, 4.69) is 29.6 Å². The van der Waals surface area contributed by atoms with Crippen molar-refractivity contribution in [2.24, 2.45) is 0 Å². The third kappa shape index (κ3) is 2.99. The van der Waals surface area contributed by atoms with Crippen LogP contribution in [0.1, 0.15) is 55.9 Å². The van der Waals surface area contributed by atoms with Crippen LogP contribution in [0.4, 0.5) is 0 Å². The van der Waals surface area contributed by atoms with E-state index in [1.807, 2.05) is 22.9 Å². The Labute approximate surface area is 163 Å². The smallest absolute Gasteiger partial charge is 0.252 e. The van der Waals surface area contributed by atoms with Crippen LogP contribution < -0.4 is 10.6 Å². The van der Waals surface area contributed by atoms with Crippen molar-refractivity contribution in [3.63, 3.8) is 0 Å². The number of carbonyl (C=O) groups is 1. The number of hydrogen-bond acceptors (Lipinski definition) is 5. The molecule has 28 heavy (non-hydrogen) atoms. The Morgan fingerprint density at radius 3 is 2.79 bits per heavy atom. The average molecular weight is 379 g/mol. The van der Waals surface area contributed by atoms with E-state index in [4.69, 9.17) is 9.40 Å². The lowest BCUT2D eigenvalue weighted by Gasteiger charge is -2.29. The minimum absolute atomic E-state index is 0.0604. The number of furan rings is 1. The molecule has 7 heteroatoms. The van der Waals surface area contributed by atoms with Crippen LogP contribution in [-0.4, -0.2) is 38.8 Å². The molecule has 2 bridgehead atoms. The summed E-state index contributed by atoms with van der Waals surface area (Å²) in [5.74, 6) is 0.585. The topological polar surface area (TPSA) is 85.0 Å². The fourth-order valence-corrected chi connectivity index (χ4v) is 4.57. The van der Waals surface area contributed by atoms with E-state index in [-0.39, 0.29) is 18.0 Å². The van der Waals surface area contributed by atoms with Gasteiger partial charge in [-0.2, -0.15) is 5.10 Å². The van der Waals surface area contributed by atoms with E-state index in [1.54, 1.807) is 12.5 Å². The minimum atomic E-state index is -0.0604. The van der Waals surface area contributed by atoms with Gasteiger partial charge < -0.3 is 15.1 Å². The Balaban J connectivity index is 1.53. The number of nitrogens with one attached hydrogen (secondary N) is 2. The number of rotatable bonds is 4. The molecule has 2 atom stereocenters. The van der Waals surface area contributed by atoms with E-state index >= 15 is 0 Å². The zero-order valence-electron chi connectivity index (χ0n) is 16.2. The van der Waals surface area contributed by atoms with Gasteiger partial charge in [0.2, 0.25) is 0 Å². The maximum Gasteiger partial charge on any atom is 0.252 e. The van der Waals surface area contributed by atoms with E-state index in [0.717, 1.165) is 18.2 Å². The summed E-state index contributed by atoms with van der Waals surface area (Å²) < 4.78 is 7.38. The molecule has 0 radical (unpaired) electrons. The summed E-state index contributed by atoms with van der Waals surface area (Å²) in [6.45, 7) is 4.11. The van der Waals surface area contributed by atoms with Gasteiger partial charge >= 0.3 is 0 Å². The summed E-state index contributed by atoms with van der Waals surface area (Å²) in [5, 5.41) is 12.1. The van der Waals surface area contributed by atoms with E-state index in [9.17, 15) is 4.79 Å². The van der Waals surface area contributed by atoms with Crippen molar-refractivity contribution in [3.8, 4) is 11.5 Å². The first-order valence-electron chi connectivity index (χ1n) is 10.1. The molecule has 0 aliphatic carbocycles. The molecule has 7 nitrogen and oxygen atoms in total. The van der Waals surface area contributed by atoms with Crippen molar-refractivity contribution in [2.45, 2.75) is 63.7 Å². The van der Waals surface area contributed by atoms with Gasteiger partial charge in [-0.3, -0.25) is 4.79 Å². The van der Waals surface area contributed by atoms with E-state index in [0.29, 0.717) is 34.7 Å². The van der Waals surface area contributed by atoms with Crippen LogP contribution in [0, 0.1) is 0 Å². The molecule has 1 amide bonds. The van der Waals surface area contributed by atoms with Crippen LogP contribution in [0.25, 0.3) is 22.5 Å². The Kier molecular flexibility index (Phi) is 4.19. The molecular formula is C21H25N5O2. The van der Waals surface area contributed by atoms with Crippen LogP contribution in [0.5, 0.6) is 0 Å². The van der Waals surface area contributed by atoms with Crippen LogP contribution >= 0.6 is 0 Å². The highest BCUT2D eigenvalue weighted by Crippen LogP contribution is 2.29. The third-order valence-corrected chi connectivity index (χ3v) is 5.88. The monoisotopic (exact) mass is 379 g/mol. The molecule has 5 heterocycles. The molecule has 5 rings (SSSR count). The lowest BCUT2D eigenvalue weighted by molar-refractivity contribution is 0.0925. The maximum absolute atomic E-state index is 13.2. The normalized spacial score (nSPS) is 24.2. The molecule has 3 aromatic rings. The van der Waals surface area contributed by atoms with Gasteiger partial charge in [-0.05, 0) is 57.7 Å². The number of piperidine rings is 1. The highest BCUT2D eigenvalue weighted by atomic mass is 16.3. The predicted molar refractivity (Wildman–Crippen MR) is 106 cm³/mol. The number of amides is 1. The molecule has 3 aromatic heterocycles. The van der Waals surface area contributed by atoms with Gasteiger partial charge in [0.1, 0.15) is 5.69 Å². The van der Waals surface area contributed by atoms with Gasteiger partial charge in [0.25, 0.3) is 5.91 Å². The van der Waals surface area contributed by atoms with Crippen molar-refractivity contribution >= 4 is 16.9 Å². The summed E-state index contributed by atoms with van der Waals surface area (Å²) in [7, 11) is 0. The second-order valence-electron chi connectivity index (χ2n) is 8.23. The summed E-state index contributed by atoms with van der Waals surface area (Å²) in [5.41, 5.74) is 1.96. The molecule has 0 aromatic carbocycles. The zero-order valence-corrected chi connectivity index (χ0v) is 16.2. The number of hydrogen-bond donors (Lipinski definition) is 2. The van der Waals surface area contributed by atoms with E-state index < -0.39 is 0 Å². The van der Waals surface area contributed by atoms with Crippen LogP contribution in [0.3, 0.4) is 0 Å². The Morgan fingerprint density at radius 1 is 1.32 bits per heavy atom. The molecular weight excluding hydrogens is 354 g/mol. The van der Waals surface area contributed by atoms with E-state index in [1.165, 1.54) is 12.8 Å². The average Bonchev–Trinajstić information content (AvgIpc) is 3.40. The lowest BCUT2D eigenvalue weighted by Crippen LogP contribution is -2.48. The molecule has 146 valence electrons. The van der Waals surface area contributed by atoms with Gasteiger partial charge in [0, 0.05) is 24.2 Å². The van der Waals surface area contributed by atoms with Gasteiger partial charge in [0.15, 0.2) is 11.4 Å².